The maximum Gasteiger partial charge on any atom is 0.180 e. The Balaban J connectivity index is 2.16. The quantitative estimate of drug-likeness (QED) is 0.694. The standard InChI is InChI=1S/C13H10FN3O/c1-18-12-3-2-6-17-8-11(16-13(12)17)10-5-4-9(14)7-15-10/h2-8H,1H3. The van der Waals surface area contributed by atoms with E-state index in [1.807, 2.05) is 28.9 Å². The third-order valence-electron chi connectivity index (χ3n) is 2.66. The van der Waals surface area contributed by atoms with Crippen LogP contribution in [-0.4, -0.2) is 21.5 Å². The summed E-state index contributed by atoms with van der Waals surface area (Å²) in [5.41, 5.74) is 2.02. The molecule has 0 aliphatic rings. The van der Waals surface area contributed by atoms with Gasteiger partial charge in [0.1, 0.15) is 11.5 Å². The van der Waals surface area contributed by atoms with Crippen molar-refractivity contribution in [2.75, 3.05) is 7.11 Å². The van der Waals surface area contributed by atoms with E-state index in [4.69, 9.17) is 4.74 Å². The Morgan fingerprint density at radius 3 is 2.83 bits per heavy atom. The van der Waals surface area contributed by atoms with E-state index in [-0.39, 0.29) is 5.82 Å². The summed E-state index contributed by atoms with van der Waals surface area (Å²) in [7, 11) is 1.60. The molecule has 0 aliphatic carbocycles. The maximum atomic E-state index is 12.8. The molecule has 0 amide bonds. The molecule has 0 fully saturated rings. The predicted octanol–water partition coefficient (Wildman–Crippen LogP) is 2.54. The summed E-state index contributed by atoms with van der Waals surface area (Å²) in [5.74, 6) is 0.325. The Kier molecular flexibility index (Phi) is 2.44. The van der Waals surface area contributed by atoms with E-state index in [0.29, 0.717) is 22.8 Å². The summed E-state index contributed by atoms with van der Waals surface area (Å²) < 4.78 is 19.9. The first kappa shape index (κ1) is 10.7. The van der Waals surface area contributed by atoms with E-state index < -0.39 is 0 Å². The molecule has 0 N–H and O–H groups in total. The lowest BCUT2D eigenvalue weighted by molar-refractivity contribution is 0.417. The molecule has 3 heterocycles. The zero-order valence-corrected chi connectivity index (χ0v) is 9.67. The van der Waals surface area contributed by atoms with Crippen LogP contribution in [0.25, 0.3) is 17.0 Å². The molecular formula is C13H10FN3O. The van der Waals surface area contributed by atoms with Crippen LogP contribution in [0.5, 0.6) is 5.75 Å². The lowest BCUT2D eigenvalue weighted by Crippen LogP contribution is -1.88. The van der Waals surface area contributed by atoms with Gasteiger partial charge in [0, 0.05) is 12.4 Å². The minimum absolute atomic E-state index is 0.361. The van der Waals surface area contributed by atoms with Crippen LogP contribution in [0, 0.1) is 5.82 Å². The molecule has 0 unspecified atom stereocenters. The van der Waals surface area contributed by atoms with Crippen molar-refractivity contribution < 1.29 is 9.13 Å². The van der Waals surface area contributed by atoms with Gasteiger partial charge in [-0.1, -0.05) is 0 Å². The van der Waals surface area contributed by atoms with Gasteiger partial charge in [0.05, 0.1) is 19.0 Å². The average Bonchev–Trinajstić information content (AvgIpc) is 2.83. The number of nitrogens with zero attached hydrogens (tertiary/aromatic N) is 3. The number of imidazole rings is 1. The molecule has 3 rings (SSSR count). The van der Waals surface area contributed by atoms with E-state index in [0.717, 1.165) is 0 Å². The monoisotopic (exact) mass is 243 g/mol. The number of halogens is 1. The highest BCUT2D eigenvalue weighted by atomic mass is 19.1. The normalized spacial score (nSPS) is 10.8. The first-order chi connectivity index (χ1) is 8.78. The highest BCUT2D eigenvalue weighted by Gasteiger charge is 2.08. The fourth-order valence-electron chi connectivity index (χ4n) is 1.80. The first-order valence-corrected chi connectivity index (χ1v) is 5.41. The lowest BCUT2D eigenvalue weighted by atomic mass is 10.3. The van der Waals surface area contributed by atoms with Crippen molar-refractivity contribution in [1.29, 1.82) is 0 Å². The molecule has 0 aromatic carbocycles. The highest BCUT2D eigenvalue weighted by molar-refractivity contribution is 5.63. The van der Waals surface area contributed by atoms with E-state index in [2.05, 4.69) is 9.97 Å². The van der Waals surface area contributed by atoms with Gasteiger partial charge in [0.2, 0.25) is 0 Å². The van der Waals surface area contributed by atoms with Gasteiger partial charge < -0.3 is 9.14 Å². The third kappa shape index (κ3) is 1.69. The third-order valence-corrected chi connectivity index (χ3v) is 2.66. The Morgan fingerprint density at radius 1 is 1.22 bits per heavy atom. The van der Waals surface area contributed by atoms with Crippen molar-refractivity contribution in [2.24, 2.45) is 0 Å². The fraction of sp³-hybridized carbons (Fsp3) is 0.0769. The minimum atomic E-state index is -0.361. The Hall–Kier alpha value is -2.43. The van der Waals surface area contributed by atoms with Gasteiger partial charge in [-0.15, -0.1) is 0 Å². The molecule has 4 nitrogen and oxygen atoms in total. The van der Waals surface area contributed by atoms with Crippen LogP contribution >= 0.6 is 0 Å². The fourth-order valence-corrected chi connectivity index (χ4v) is 1.80. The van der Waals surface area contributed by atoms with Gasteiger partial charge in [0.15, 0.2) is 11.4 Å². The van der Waals surface area contributed by atoms with Crippen molar-refractivity contribution in [3.63, 3.8) is 0 Å². The molecule has 3 aromatic rings. The van der Waals surface area contributed by atoms with E-state index in [1.54, 1.807) is 13.2 Å². The first-order valence-electron chi connectivity index (χ1n) is 5.41. The summed E-state index contributed by atoms with van der Waals surface area (Å²) in [4.78, 5) is 8.44. The minimum Gasteiger partial charge on any atom is -0.493 e. The van der Waals surface area contributed by atoms with Crippen LogP contribution in [0.4, 0.5) is 4.39 Å². The second-order valence-corrected chi connectivity index (χ2v) is 3.80. The van der Waals surface area contributed by atoms with Gasteiger partial charge in [-0.25, -0.2) is 9.37 Å². The summed E-state index contributed by atoms with van der Waals surface area (Å²) in [6, 6.07) is 6.67. The second-order valence-electron chi connectivity index (χ2n) is 3.80. The number of rotatable bonds is 2. The number of methoxy groups -OCH3 is 1. The SMILES string of the molecule is COc1cccn2cc(-c3ccc(F)cn3)nc12. The van der Waals surface area contributed by atoms with Gasteiger partial charge in [-0.2, -0.15) is 0 Å². The molecule has 0 atom stereocenters. The van der Waals surface area contributed by atoms with Crippen LogP contribution in [0.1, 0.15) is 0 Å². The summed E-state index contributed by atoms with van der Waals surface area (Å²) in [6.45, 7) is 0. The van der Waals surface area contributed by atoms with Gasteiger partial charge in [-0.3, -0.25) is 4.98 Å². The number of hydrogen-bond donors (Lipinski definition) is 0. The molecule has 0 bridgehead atoms. The zero-order valence-electron chi connectivity index (χ0n) is 9.67. The van der Waals surface area contributed by atoms with Gasteiger partial charge in [-0.05, 0) is 24.3 Å². The average molecular weight is 243 g/mol. The summed E-state index contributed by atoms with van der Waals surface area (Å²) >= 11 is 0. The molecule has 0 radical (unpaired) electrons. The Bertz CT molecular complexity index is 691. The predicted molar refractivity (Wildman–Crippen MR) is 64.9 cm³/mol. The number of ether oxygens (including phenoxy) is 1. The van der Waals surface area contributed by atoms with Crippen molar-refractivity contribution in [2.45, 2.75) is 0 Å². The largest absolute Gasteiger partial charge is 0.493 e. The summed E-state index contributed by atoms with van der Waals surface area (Å²) in [5, 5.41) is 0. The van der Waals surface area contributed by atoms with Gasteiger partial charge >= 0.3 is 0 Å². The van der Waals surface area contributed by atoms with Crippen molar-refractivity contribution in [3.05, 3.63) is 48.7 Å². The molecule has 0 aliphatic heterocycles. The van der Waals surface area contributed by atoms with Crippen molar-refractivity contribution in [1.82, 2.24) is 14.4 Å². The molecule has 0 saturated heterocycles. The lowest BCUT2D eigenvalue weighted by Gasteiger charge is -1.99. The van der Waals surface area contributed by atoms with E-state index in [9.17, 15) is 4.39 Å². The number of hydrogen-bond acceptors (Lipinski definition) is 3. The molecular weight excluding hydrogens is 233 g/mol. The molecule has 18 heavy (non-hydrogen) atoms. The topological polar surface area (TPSA) is 39.4 Å². The van der Waals surface area contributed by atoms with Crippen LogP contribution in [0.15, 0.2) is 42.9 Å². The number of fused-ring (bicyclic) bond motifs is 1. The molecule has 90 valence electrons. The van der Waals surface area contributed by atoms with Crippen LogP contribution in [0.2, 0.25) is 0 Å². The molecule has 5 heteroatoms. The van der Waals surface area contributed by atoms with Crippen LogP contribution in [0.3, 0.4) is 0 Å². The Labute approximate surface area is 103 Å². The van der Waals surface area contributed by atoms with Crippen LogP contribution < -0.4 is 4.74 Å². The van der Waals surface area contributed by atoms with Crippen molar-refractivity contribution >= 4 is 5.65 Å². The maximum absolute atomic E-state index is 12.8. The zero-order chi connectivity index (χ0) is 12.5. The van der Waals surface area contributed by atoms with Crippen LogP contribution in [-0.2, 0) is 0 Å². The Morgan fingerprint density at radius 2 is 2.11 bits per heavy atom. The molecule has 0 saturated carbocycles. The highest BCUT2D eigenvalue weighted by Crippen LogP contribution is 2.22. The van der Waals surface area contributed by atoms with Crippen molar-refractivity contribution in [3.8, 4) is 17.1 Å². The number of pyridine rings is 2. The summed E-state index contributed by atoms with van der Waals surface area (Å²) in [6.07, 6.45) is 4.88. The number of aromatic nitrogens is 3. The van der Waals surface area contributed by atoms with Gasteiger partial charge in [0.25, 0.3) is 0 Å². The molecule has 0 spiro atoms. The molecule has 3 aromatic heterocycles. The smallest absolute Gasteiger partial charge is 0.180 e. The van der Waals surface area contributed by atoms with E-state index in [1.165, 1.54) is 12.3 Å². The second kappa shape index (κ2) is 4.10. The van der Waals surface area contributed by atoms with E-state index >= 15 is 0 Å².